The van der Waals surface area contributed by atoms with Crippen LogP contribution in [0.2, 0.25) is 0 Å². The molecule has 37 heavy (non-hydrogen) atoms. The number of amides is 1. The van der Waals surface area contributed by atoms with E-state index < -0.39 is 11.7 Å². The second-order valence-corrected chi connectivity index (χ2v) is 9.88. The summed E-state index contributed by atoms with van der Waals surface area (Å²) >= 11 is 0. The van der Waals surface area contributed by atoms with Crippen LogP contribution in [0, 0.1) is 13.8 Å². The SMILES string of the molecule is Cc1cccc(C)c1-c1ccc(C(=O)N(Cc2ccccc2OCCCCCC(=O)O)C2(O)CC2)cc1. The van der Waals surface area contributed by atoms with Gasteiger partial charge in [-0.25, -0.2) is 0 Å². The molecule has 1 aliphatic carbocycles. The highest BCUT2D eigenvalue weighted by molar-refractivity contribution is 5.95. The Kier molecular flexibility index (Phi) is 8.29. The van der Waals surface area contributed by atoms with Crippen LogP contribution >= 0.6 is 0 Å². The Bertz CT molecular complexity index is 1230. The Hall–Kier alpha value is -3.64. The number of aliphatic carboxylic acids is 1. The van der Waals surface area contributed by atoms with Crippen LogP contribution in [0.25, 0.3) is 11.1 Å². The van der Waals surface area contributed by atoms with Gasteiger partial charge in [0, 0.05) is 17.5 Å². The van der Waals surface area contributed by atoms with Gasteiger partial charge < -0.3 is 19.8 Å². The number of nitrogens with zero attached hydrogens (tertiary/aromatic N) is 1. The fraction of sp³-hybridized carbons (Fsp3) is 0.355. The number of unbranched alkanes of at least 4 members (excludes halogenated alkanes) is 2. The summed E-state index contributed by atoms with van der Waals surface area (Å²) in [6.45, 7) is 4.88. The van der Waals surface area contributed by atoms with E-state index in [1.807, 2.05) is 54.6 Å². The zero-order valence-corrected chi connectivity index (χ0v) is 21.6. The van der Waals surface area contributed by atoms with E-state index in [0.717, 1.165) is 24.0 Å². The number of carbonyl (C=O) groups is 2. The highest BCUT2D eigenvalue weighted by Crippen LogP contribution is 2.41. The number of benzene rings is 3. The van der Waals surface area contributed by atoms with Gasteiger partial charge in [0.1, 0.15) is 11.5 Å². The summed E-state index contributed by atoms with van der Waals surface area (Å²) in [6.07, 6.45) is 3.41. The summed E-state index contributed by atoms with van der Waals surface area (Å²) in [5, 5.41) is 19.8. The maximum atomic E-state index is 13.6. The predicted molar refractivity (Wildman–Crippen MR) is 143 cm³/mol. The lowest BCUT2D eigenvalue weighted by Gasteiger charge is -2.29. The Morgan fingerprint density at radius 1 is 0.892 bits per heavy atom. The molecule has 4 rings (SSSR count). The number of ether oxygens (including phenoxy) is 1. The number of hydrogen-bond donors (Lipinski definition) is 2. The van der Waals surface area contributed by atoms with Gasteiger partial charge in [-0.3, -0.25) is 9.59 Å². The number of carboxylic acid groups (broad SMARTS) is 1. The third kappa shape index (κ3) is 6.57. The number of aryl methyl sites for hydroxylation is 2. The molecule has 6 nitrogen and oxygen atoms in total. The fourth-order valence-corrected chi connectivity index (χ4v) is 4.68. The van der Waals surface area contributed by atoms with Crippen molar-refractivity contribution in [2.45, 2.75) is 64.6 Å². The molecule has 0 aliphatic heterocycles. The molecule has 0 spiro atoms. The van der Waals surface area contributed by atoms with Crippen molar-refractivity contribution in [2.75, 3.05) is 6.61 Å². The van der Waals surface area contributed by atoms with Gasteiger partial charge in [0.2, 0.25) is 0 Å². The van der Waals surface area contributed by atoms with Gasteiger partial charge in [-0.05, 0) is 86.4 Å². The Balaban J connectivity index is 1.47. The predicted octanol–water partition coefficient (Wildman–Crippen LogP) is 6.12. The minimum atomic E-state index is -1.15. The highest BCUT2D eigenvalue weighted by Gasteiger charge is 2.49. The normalized spacial score (nSPS) is 13.7. The molecule has 2 N–H and O–H groups in total. The third-order valence-corrected chi connectivity index (χ3v) is 6.94. The first-order chi connectivity index (χ1) is 17.8. The van der Waals surface area contributed by atoms with Crippen LogP contribution in [0.1, 0.15) is 65.6 Å². The lowest BCUT2D eigenvalue weighted by Crippen LogP contribution is -2.41. The molecule has 1 amide bonds. The number of aliphatic hydroxyl groups is 1. The summed E-state index contributed by atoms with van der Waals surface area (Å²) in [4.78, 5) is 25.8. The summed E-state index contributed by atoms with van der Waals surface area (Å²) < 4.78 is 5.98. The van der Waals surface area contributed by atoms with Crippen LogP contribution in [0.15, 0.2) is 66.7 Å². The largest absolute Gasteiger partial charge is 0.493 e. The maximum Gasteiger partial charge on any atom is 0.303 e. The van der Waals surface area contributed by atoms with Crippen molar-refractivity contribution in [3.63, 3.8) is 0 Å². The molecule has 1 fully saturated rings. The molecule has 0 atom stereocenters. The van der Waals surface area contributed by atoms with Crippen LogP contribution in [-0.4, -0.2) is 39.3 Å². The summed E-state index contributed by atoms with van der Waals surface area (Å²) in [5.41, 5.74) is 4.82. The first-order valence-electron chi connectivity index (χ1n) is 12.9. The van der Waals surface area contributed by atoms with E-state index in [0.29, 0.717) is 37.2 Å². The Morgan fingerprint density at radius 2 is 1.57 bits per heavy atom. The standard InChI is InChI=1S/C31H35NO5/c1-22-9-8-10-23(2)29(22)24-14-16-25(17-15-24)30(35)32(31(36)18-19-31)21-26-11-5-6-12-27(26)37-20-7-3-4-13-28(33)34/h5-6,8-12,14-17,36H,3-4,7,13,18-21H2,1-2H3,(H,33,34). The van der Waals surface area contributed by atoms with Crippen LogP contribution in [0.4, 0.5) is 0 Å². The van der Waals surface area contributed by atoms with E-state index in [1.165, 1.54) is 16.7 Å². The third-order valence-electron chi connectivity index (χ3n) is 6.94. The van der Waals surface area contributed by atoms with Gasteiger partial charge in [0.05, 0.1) is 13.2 Å². The fourth-order valence-electron chi connectivity index (χ4n) is 4.68. The molecule has 0 radical (unpaired) electrons. The molecule has 1 saturated carbocycles. The van der Waals surface area contributed by atoms with Crippen LogP contribution < -0.4 is 4.74 Å². The van der Waals surface area contributed by atoms with Gasteiger partial charge >= 0.3 is 5.97 Å². The summed E-state index contributed by atoms with van der Waals surface area (Å²) in [6, 6.07) is 21.4. The van der Waals surface area contributed by atoms with Crippen molar-refractivity contribution < 1.29 is 24.5 Å². The molecule has 0 aromatic heterocycles. The highest BCUT2D eigenvalue weighted by atomic mass is 16.5. The Morgan fingerprint density at radius 3 is 2.22 bits per heavy atom. The summed E-state index contributed by atoms with van der Waals surface area (Å²) in [5.74, 6) is -0.321. The molecule has 194 valence electrons. The molecular formula is C31H35NO5. The Labute approximate surface area is 218 Å². The van der Waals surface area contributed by atoms with Crippen molar-refractivity contribution in [3.05, 3.63) is 89.0 Å². The second kappa shape index (κ2) is 11.6. The zero-order valence-electron chi connectivity index (χ0n) is 21.6. The molecular weight excluding hydrogens is 466 g/mol. The number of carbonyl (C=O) groups excluding carboxylic acids is 1. The van der Waals surface area contributed by atoms with E-state index in [4.69, 9.17) is 9.84 Å². The first-order valence-corrected chi connectivity index (χ1v) is 12.9. The molecule has 0 heterocycles. The van der Waals surface area contributed by atoms with Crippen molar-refractivity contribution in [2.24, 2.45) is 0 Å². The maximum absolute atomic E-state index is 13.6. The second-order valence-electron chi connectivity index (χ2n) is 9.88. The molecule has 6 heteroatoms. The first kappa shape index (κ1) is 26.4. The van der Waals surface area contributed by atoms with E-state index in [-0.39, 0.29) is 18.9 Å². The van der Waals surface area contributed by atoms with Crippen LogP contribution in [-0.2, 0) is 11.3 Å². The molecule has 3 aromatic rings. The average Bonchev–Trinajstić information content (AvgIpc) is 3.63. The van der Waals surface area contributed by atoms with Crippen molar-refractivity contribution in [1.82, 2.24) is 4.90 Å². The smallest absolute Gasteiger partial charge is 0.303 e. The molecule has 1 aliphatic rings. The van der Waals surface area contributed by atoms with Crippen LogP contribution in [0.3, 0.4) is 0 Å². The lowest BCUT2D eigenvalue weighted by molar-refractivity contribution is -0.137. The molecule has 3 aromatic carbocycles. The number of para-hydroxylation sites is 1. The van der Waals surface area contributed by atoms with Crippen molar-refractivity contribution in [3.8, 4) is 16.9 Å². The van der Waals surface area contributed by atoms with E-state index in [9.17, 15) is 14.7 Å². The zero-order chi connectivity index (χ0) is 26.4. The molecule has 0 saturated heterocycles. The number of rotatable bonds is 12. The van der Waals surface area contributed by atoms with Gasteiger partial charge in [-0.15, -0.1) is 0 Å². The lowest BCUT2D eigenvalue weighted by atomic mass is 9.95. The average molecular weight is 502 g/mol. The van der Waals surface area contributed by atoms with Crippen molar-refractivity contribution in [1.29, 1.82) is 0 Å². The number of hydrogen-bond acceptors (Lipinski definition) is 4. The van der Waals surface area contributed by atoms with E-state index in [1.54, 1.807) is 4.90 Å². The number of carboxylic acids is 1. The van der Waals surface area contributed by atoms with Gasteiger partial charge in [-0.1, -0.05) is 48.5 Å². The minimum Gasteiger partial charge on any atom is -0.493 e. The van der Waals surface area contributed by atoms with Crippen LogP contribution in [0.5, 0.6) is 5.75 Å². The van der Waals surface area contributed by atoms with Gasteiger partial charge in [0.15, 0.2) is 0 Å². The van der Waals surface area contributed by atoms with Gasteiger partial charge in [0.25, 0.3) is 5.91 Å². The van der Waals surface area contributed by atoms with E-state index >= 15 is 0 Å². The summed E-state index contributed by atoms with van der Waals surface area (Å²) in [7, 11) is 0. The minimum absolute atomic E-state index is 0.164. The molecule has 0 bridgehead atoms. The molecule has 0 unspecified atom stereocenters. The van der Waals surface area contributed by atoms with Gasteiger partial charge in [-0.2, -0.15) is 0 Å². The van der Waals surface area contributed by atoms with Crippen molar-refractivity contribution >= 4 is 11.9 Å². The monoisotopic (exact) mass is 501 g/mol. The van der Waals surface area contributed by atoms with E-state index in [2.05, 4.69) is 26.0 Å². The quantitative estimate of drug-likeness (QED) is 0.231. The topological polar surface area (TPSA) is 87.1 Å².